The highest BCUT2D eigenvalue weighted by molar-refractivity contribution is 6.13. The van der Waals surface area contributed by atoms with E-state index in [0.29, 0.717) is 0 Å². The summed E-state index contributed by atoms with van der Waals surface area (Å²) in [5.74, 6) is 0. The first kappa shape index (κ1) is 51.9. The molecule has 4 heteroatoms. The summed E-state index contributed by atoms with van der Waals surface area (Å²) in [5, 5.41) is 8.80. The van der Waals surface area contributed by atoms with E-state index in [1.807, 2.05) is 6.08 Å². The fourth-order valence-electron chi connectivity index (χ4n) is 14.4. The maximum absolute atomic E-state index is 4.26. The van der Waals surface area contributed by atoms with E-state index < -0.39 is 0 Å². The van der Waals surface area contributed by atoms with E-state index in [1.54, 1.807) is 0 Å². The molecule has 0 unspecified atom stereocenters. The molecule has 0 spiro atoms. The highest BCUT2D eigenvalue weighted by Crippen LogP contribution is 2.41. The topological polar surface area (TPSA) is 19.7 Å². The predicted octanol–water partition coefficient (Wildman–Crippen LogP) is 22.7. The van der Waals surface area contributed by atoms with Crippen molar-refractivity contribution >= 4 is 93.7 Å². The van der Waals surface area contributed by atoms with Gasteiger partial charge in [0.05, 0.1) is 38.6 Å². The quantitative estimate of drug-likeness (QED) is 0.115. The Bertz CT molecular complexity index is 5560. The first-order valence-corrected chi connectivity index (χ1v) is 30.9. The largest absolute Gasteiger partial charge is 0.314 e. The zero-order valence-electron chi connectivity index (χ0n) is 49.4. The lowest BCUT2D eigenvalue weighted by molar-refractivity contribution is 0.971. The number of hydrogen-bond acceptors (Lipinski definition) is 0. The number of rotatable bonds is 11. The summed E-state index contributed by atoms with van der Waals surface area (Å²) < 4.78 is 9.61. The molecule has 89 heavy (non-hydrogen) atoms. The zero-order valence-corrected chi connectivity index (χ0v) is 49.4. The first-order valence-electron chi connectivity index (χ1n) is 30.9. The van der Waals surface area contributed by atoms with Crippen molar-refractivity contribution in [2.75, 3.05) is 0 Å². The van der Waals surface area contributed by atoms with Crippen LogP contribution < -0.4 is 0 Å². The smallest absolute Gasteiger partial charge is 0.0547 e. The van der Waals surface area contributed by atoms with Gasteiger partial charge in [0.1, 0.15) is 0 Å². The molecule has 4 aromatic heterocycles. The maximum Gasteiger partial charge on any atom is 0.0547 e. The summed E-state index contributed by atoms with van der Waals surface area (Å²) in [4.78, 5) is 0. The van der Waals surface area contributed by atoms with Gasteiger partial charge in [0, 0.05) is 66.2 Å². The molecule has 0 radical (unpaired) electrons. The van der Waals surface area contributed by atoms with Crippen molar-refractivity contribution in [3.05, 3.63) is 327 Å². The molecule has 4 nitrogen and oxygen atoms in total. The third-order valence-corrected chi connectivity index (χ3v) is 18.6. The van der Waals surface area contributed by atoms with E-state index in [1.165, 1.54) is 138 Å². The van der Waals surface area contributed by atoms with Gasteiger partial charge in [-0.05, 0) is 190 Å². The van der Waals surface area contributed by atoms with Crippen molar-refractivity contribution in [2.45, 2.75) is 19.8 Å². The van der Waals surface area contributed by atoms with Crippen LogP contribution in [0.2, 0.25) is 0 Å². The number of allylic oxidation sites excluding steroid dienone is 6. The number of fused-ring (bicyclic) bond motifs is 12. The number of para-hydroxylation sites is 5. The van der Waals surface area contributed by atoms with Crippen LogP contribution in [0.1, 0.15) is 30.2 Å². The molecular weight excluding hydrogens is 1080 g/mol. The van der Waals surface area contributed by atoms with Crippen molar-refractivity contribution in [1.29, 1.82) is 0 Å². The lowest BCUT2D eigenvalue weighted by Gasteiger charge is -2.12. The zero-order chi connectivity index (χ0) is 59.1. The summed E-state index contributed by atoms with van der Waals surface area (Å²) in [5.41, 5.74) is 27.4. The van der Waals surface area contributed by atoms with Gasteiger partial charge in [-0.2, -0.15) is 0 Å². The molecular formula is C85H60N4. The molecule has 0 aliphatic heterocycles. The summed E-state index contributed by atoms with van der Waals surface area (Å²) in [6, 6.07) is 103. The molecule has 4 heterocycles. The summed E-state index contributed by atoms with van der Waals surface area (Å²) in [7, 11) is 0. The number of hydrogen-bond donors (Lipinski definition) is 0. The van der Waals surface area contributed by atoms with Gasteiger partial charge in [-0.25, -0.2) is 0 Å². The molecule has 0 amide bonds. The third kappa shape index (κ3) is 8.66. The van der Waals surface area contributed by atoms with Gasteiger partial charge >= 0.3 is 0 Å². The van der Waals surface area contributed by atoms with Crippen LogP contribution in [0.25, 0.3) is 155 Å². The SMILES string of the molecule is C=C/C(=C\C=C(/C)n1c2c(c3ccccc31)CCC=C2)c1ccc(-n2c3ccccc3c3cc(-c4ccc5c6ccccc6n(-c6ccc(-c7cccc(-c8cccc(-c9ccc(-n%10c%11ccccc%11c%11ccccc%11%10)cc9)c8)c7)cc6)c5c4)ccc32)cc1. The average molecular weight is 1140 g/mol. The normalized spacial score (nSPS) is 12.8. The van der Waals surface area contributed by atoms with Gasteiger partial charge in [0.25, 0.3) is 0 Å². The Morgan fingerprint density at radius 1 is 0.337 bits per heavy atom. The van der Waals surface area contributed by atoms with Gasteiger partial charge in [-0.15, -0.1) is 0 Å². The van der Waals surface area contributed by atoms with Crippen molar-refractivity contribution in [3.63, 3.8) is 0 Å². The first-order chi connectivity index (χ1) is 44.0. The van der Waals surface area contributed by atoms with Crippen LogP contribution in [0.4, 0.5) is 0 Å². The van der Waals surface area contributed by atoms with Gasteiger partial charge in [-0.1, -0.05) is 207 Å². The third-order valence-electron chi connectivity index (χ3n) is 18.6. The van der Waals surface area contributed by atoms with Gasteiger partial charge in [0.2, 0.25) is 0 Å². The van der Waals surface area contributed by atoms with Crippen molar-refractivity contribution in [2.24, 2.45) is 0 Å². The van der Waals surface area contributed by atoms with E-state index in [9.17, 15) is 0 Å². The van der Waals surface area contributed by atoms with Gasteiger partial charge in [0.15, 0.2) is 0 Å². The Labute approximate surface area is 517 Å². The Morgan fingerprint density at radius 2 is 0.742 bits per heavy atom. The molecule has 1 aliphatic rings. The van der Waals surface area contributed by atoms with Gasteiger partial charge < -0.3 is 18.3 Å². The molecule has 1 aliphatic carbocycles. The lowest BCUT2D eigenvalue weighted by atomic mass is 9.96. The minimum Gasteiger partial charge on any atom is -0.314 e. The summed E-state index contributed by atoms with van der Waals surface area (Å²) in [6.45, 7) is 6.46. The van der Waals surface area contributed by atoms with Crippen molar-refractivity contribution in [1.82, 2.24) is 18.3 Å². The van der Waals surface area contributed by atoms with Crippen LogP contribution in [-0.2, 0) is 6.42 Å². The van der Waals surface area contributed by atoms with Crippen molar-refractivity contribution in [3.8, 4) is 61.6 Å². The molecule has 0 N–H and O–H groups in total. The van der Waals surface area contributed by atoms with Crippen molar-refractivity contribution < 1.29 is 0 Å². The van der Waals surface area contributed by atoms with E-state index in [4.69, 9.17) is 0 Å². The minimum atomic E-state index is 1.07. The molecule has 420 valence electrons. The number of benzene rings is 12. The van der Waals surface area contributed by atoms with Crippen LogP contribution in [-0.4, -0.2) is 18.3 Å². The summed E-state index contributed by atoms with van der Waals surface area (Å²) >= 11 is 0. The number of nitrogens with zero attached hydrogens (tertiary/aromatic N) is 4. The second kappa shape index (κ2) is 21.2. The number of aromatic nitrogens is 4. The Kier molecular flexibility index (Phi) is 12.4. The molecule has 0 fully saturated rings. The standard InChI is InChI=1S/C85H60N4/c1-3-57(35-34-56(2)86-78-28-10-4-22-70(78)71-23-5-11-29-79(71)86)58-36-44-68(45-37-58)88-83-33-15-9-27-75(83)77-54-65(43-51-84(77)88)66-42-50-76-74-26-8-14-32-82(74)89(85(76)55-66)69-48-40-60(41-49-69)62-19-17-21-64(53-62)63-20-16-18-61(52-63)59-38-46-67(47-39-59)87-80-30-12-6-24-72(80)73-25-7-13-31-81(73)87/h3-4,6-22,24-55H,1,5,23H2,2H3/b56-34+,57-35+. The number of aryl methyl sites for hydroxylation is 1. The van der Waals surface area contributed by atoms with Crippen LogP contribution >= 0.6 is 0 Å². The highest BCUT2D eigenvalue weighted by atomic mass is 15.0. The molecule has 17 rings (SSSR count). The van der Waals surface area contributed by atoms with E-state index >= 15 is 0 Å². The van der Waals surface area contributed by atoms with E-state index in [0.717, 1.165) is 41.0 Å². The van der Waals surface area contributed by atoms with Crippen LogP contribution in [0.15, 0.2) is 310 Å². The highest BCUT2D eigenvalue weighted by Gasteiger charge is 2.20. The van der Waals surface area contributed by atoms with E-state index in [-0.39, 0.29) is 0 Å². The molecule has 16 aromatic rings. The molecule has 12 aromatic carbocycles. The van der Waals surface area contributed by atoms with Crippen LogP contribution in [0.3, 0.4) is 0 Å². The summed E-state index contributed by atoms with van der Waals surface area (Å²) in [6.07, 6.45) is 13.1. The molecule has 0 atom stereocenters. The Balaban J connectivity index is 0.658. The molecule has 0 bridgehead atoms. The Hall–Kier alpha value is -11.5. The maximum atomic E-state index is 4.26. The second-order valence-corrected chi connectivity index (χ2v) is 23.6. The fraction of sp³-hybridized carbons (Fsp3) is 0.0353. The van der Waals surface area contributed by atoms with Crippen LogP contribution in [0.5, 0.6) is 0 Å². The monoisotopic (exact) mass is 1140 g/mol. The minimum absolute atomic E-state index is 1.07. The predicted molar refractivity (Wildman–Crippen MR) is 379 cm³/mol. The molecule has 0 saturated heterocycles. The Morgan fingerprint density at radius 3 is 1.28 bits per heavy atom. The van der Waals surface area contributed by atoms with E-state index in [2.05, 4.69) is 335 Å². The average Bonchev–Trinajstić information content (AvgIpc) is 1.79. The lowest BCUT2D eigenvalue weighted by Crippen LogP contribution is -2.00. The molecule has 0 saturated carbocycles. The van der Waals surface area contributed by atoms with Crippen LogP contribution in [0, 0.1) is 0 Å². The van der Waals surface area contributed by atoms with Gasteiger partial charge in [-0.3, -0.25) is 0 Å². The second-order valence-electron chi connectivity index (χ2n) is 23.6. The fourth-order valence-corrected chi connectivity index (χ4v) is 14.4.